The number of benzene rings is 1. The van der Waals surface area contributed by atoms with Crippen LogP contribution >= 0.6 is 0 Å². The highest BCUT2D eigenvalue weighted by Gasteiger charge is 2.21. The van der Waals surface area contributed by atoms with E-state index >= 15 is 0 Å². The lowest BCUT2D eigenvalue weighted by atomic mass is 9.96. The van der Waals surface area contributed by atoms with Gasteiger partial charge in [-0.2, -0.15) is 5.26 Å². The van der Waals surface area contributed by atoms with Crippen LogP contribution in [0.5, 0.6) is 0 Å². The van der Waals surface area contributed by atoms with Crippen molar-refractivity contribution < 1.29 is 0 Å². The minimum absolute atomic E-state index is 0.198. The van der Waals surface area contributed by atoms with Crippen LogP contribution in [0.4, 0.5) is 5.69 Å². The molecule has 1 heterocycles. The number of hydrogen-bond donors (Lipinski definition) is 0. The Morgan fingerprint density at radius 1 is 1.24 bits per heavy atom. The van der Waals surface area contributed by atoms with Crippen molar-refractivity contribution in [3.05, 3.63) is 28.8 Å². The summed E-state index contributed by atoms with van der Waals surface area (Å²) in [5.74, 6) is 0.198. The summed E-state index contributed by atoms with van der Waals surface area (Å²) in [5.41, 5.74) is 5.33. The number of nitriles is 1. The Kier molecular flexibility index (Phi) is 3.38. The van der Waals surface area contributed by atoms with Crippen LogP contribution in [0.3, 0.4) is 0 Å². The molecule has 1 aromatic rings. The third-order valence-electron chi connectivity index (χ3n) is 3.56. The number of aryl methyl sites for hydroxylation is 3. The second kappa shape index (κ2) is 4.79. The summed E-state index contributed by atoms with van der Waals surface area (Å²) in [7, 11) is 0. The zero-order valence-electron chi connectivity index (χ0n) is 11.0. The lowest BCUT2D eigenvalue weighted by Gasteiger charge is -2.34. The molecule has 1 atom stereocenters. The predicted octanol–water partition coefficient (Wildman–Crippen LogP) is 3.35. The van der Waals surface area contributed by atoms with Crippen molar-refractivity contribution in [1.82, 2.24) is 0 Å². The van der Waals surface area contributed by atoms with E-state index in [9.17, 15) is 0 Å². The van der Waals surface area contributed by atoms with E-state index in [1.165, 1.54) is 22.4 Å². The topological polar surface area (TPSA) is 27.0 Å². The van der Waals surface area contributed by atoms with E-state index in [1.807, 2.05) is 0 Å². The Labute approximate surface area is 104 Å². The van der Waals surface area contributed by atoms with Crippen molar-refractivity contribution in [2.75, 3.05) is 18.0 Å². The monoisotopic (exact) mass is 228 g/mol. The van der Waals surface area contributed by atoms with Crippen molar-refractivity contribution in [3.8, 4) is 6.07 Å². The fourth-order valence-electron chi connectivity index (χ4n) is 2.96. The molecule has 1 aromatic carbocycles. The number of nitrogens with zero attached hydrogens (tertiary/aromatic N) is 2. The largest absolute Gasteiger partial charge is 0.370 e. The van der Waals surface area contributed by atoms with Gasteiger partial charge in [0.15, 0.2) is 0 Å². The van der Waals surface area contributed by atoms with Gasteiger partial charge in [0.2, 0.25) is 0 Å². The van der Waals surface area contributed by atoms with Gasteiger partial charge in [0, 0.05) is 18.8 Å². The molecule has 0 aromatic heterocycles. The molecule has 2 rings (SSSR count). The Morgan fingerprint density at radius 2 is 1.88 bits per heavy atom. The lowest BCUT2D eigenvalue weighted by molar-refractivity contribution is 0.492. The zero-order chi connectivity index (χ0) is 12.4. The summed E-state index contributed by atoms with van der Waals surface area (Å²) in [6, 6.07) is 6.88. The summed E-state index contributed by atoms with van der Waals surface area (Å²) in [5, 5.41) is 9.06. The second-order valence-electron chi connectivity index (χ2n) is 5.16. The molecule has 2 heteroatoms. The van der Waals surface area contributed by atoms with E-state index in [0.29, 0.717) is 0 Å². The Morgan fingerprint density at radius 3 is 2.47 bits per heavy atom. The van der Waals surface area contributed by atoms with Crippen LogP contribution in [-0.2, 0) is 0 Å². The summed E-state index contributed by atoms with van der Waals surface area (Å²) in [6.07, 6.45) is 2.18. The van der Waals surface area contributed by atoms with Crippen molar-refractivity contribution in [3.63, 3.8) is 0 Å². The molecular formula is C15H20N2. The minimum Gasteiger partial charge on any atom is -0.370 e. The van der Waals surface area contributed by atoms with Gasteiger partial charge in [-0.25, -0.2) is 0 Å². The van der Waals surface area contributed by atoms with Gasteiger partial charge >= 0.3 is 0 Å². The van der Waals surface area contributed by atoms with Crippen LogP contribution in [-0.4, -0.2) is 13.1 Å². The van der Waals surface area contributed by atoms with E-state index in [4.69, 9.17) is 5.26 Å². The Bertz CT molecular complexity index is 433. The number of anilines is 1. The summed E-state index contributed by atoms with van der Waals surface area (Å²) < 4.78 is 0. The fraction of sp³-hybridized carbons (Fsp3) is 0.533. The summed E-state index contributed by atoms with van der Waals surface area (Å²) in [4.78, 5) is 2.39. The normalized spacial score (nSPS) is 20.1. The van der Waals surface area contributed by atoms with Crippen LogP contribution < -0.4 is 4.90 Å². The van der Waals surface area contributed by atoms with Crippen LogP contribution in [0.1, 0.15) is 29.5 Å². The van der Waals surface area contributed by atoms with Gasteiger partial charge in [0.05, 0.1) is 12.0 Å². The molecule has 0 radical (unpaired) electrons. The average Bonchev–Trinajstić information content (AvgIpc) is 2.28. The van der Waals surface area contributed by atoms with Crippen molar-refractivity contribution in [2.45, 2.75) is 33.6 Å². The standard InChI is InChI=1S/C15H20N2/c1-11-7-12(2)15(13(3)8-11)17-6-4-5-14(9-16)10-17/h7-8,14H,4-6,10H2,1-3H3. The van der Waals surface area contributed by atoms with Crippen molar-refractivity contribution >= 4 is 5.69 Å². The van der Waals surface area contributed by atoms with E-state index in [0.717, 1.165) is 25.9 Å². The molecule has 1 saturated heterocycles. The maximum atomic E-state index is 9.06. The fourth-order valence-corrected chi connectivity index (χ4v) is 2.96. The predicted molar refractivity (Wildman–Crippen MR) is 71.2 cm³/mol. The van der Waals surface area contributed by atoms with Gasteiger partial charge in [0.1, 0.15) is 0 Å². The molecule has 1 unspecified atom stereocenters. The van der Waals surface area contributed by atoms with Gasteiger partial charge in [-0.05, 0) is 44.7 Å². The third kappa shape index (κ3) is 2.44. The van der Waals surface area contributed by atoms with Crippen molar-refractivity contribution in [1.29, 1.82) is 5.26 Å². The molecule has 0 aliphatic carbocycles. The Balaban J connectivity index is 2.31. The molecule has 1 aliphatic rings. The van der Waals surface area contributed by atoms with E-state index in [-0.39, 0.29) is 5.92 Å². The quantitative estimate of drug-likeness (QED) is 0.737. The first kappa shape index (κ1) is 12.0. The molecule has 0 amide bonds. The molecule has 0 N–H and O–H groups in total. The SMILES string of the molecule is Cc1cc(C)c(N2CCCC(C#N)C2)c(C)c1. The highest BCUT2D eigenvalue weighted by atomic mass is 15.1. The first-order chi connectivity index (χ1) is 8.11. The van der Waals surface area contributed by atoms with Gasteiger partial charge in [-0.3, -0.25) is 0 Å². The van der Waals surface area contributed by atoms with Crippen LogP contribution in [0.25, 0.3) is 0 Å². The average molecular weight is 228 g/mol. The van der Waals surface area contributed by atoms with Crippen LogP contribution in [0.15, 0.2) is 12.1 Å². The molecule has 0 bridgehead atoms. The molecule has 0 spiro atoms. The second-order valence-corrected chi connectivity index (χ2v) is 5.16. The maximum Gasteiger partial charge on any atom is 0.0674 e. The Hall–Kier alpha value is -1.49. The number of hydrogen-bond acceptors (Lipinski definition) is 2. The molecule has 17 heavy (non-hydrogen) atoms. The van der Waals surface area contributed by atoms with Gasteiger partial charge in [-0.15, -0.1) is 0 Å². The third-order valence-corrected chi connectivity index (χ3v) is 3.56. The summed E-state index contributed by atoms with van der Waals surface area (Å²) >= 11 is 0. The highest BCUT2D eigenvalue weighted by Crippen LogP contribution is 2.30. The first-order valence-electron chi connectivity index (χ1n) is 6.34. The first-order valence-corrected chi connectivity index (χ1v) is 6.34. The minimum atomic E-state index is 0.198. The van der Waals surface area contributed by atoms with E-state index in [2.05, 4.69) is 43.9 Å². The molecule has 1 fully saturated rings. The molecule has 2 nitrogen and oxygen atoms in total. The van der Waals surface area contributed by atoms with E-state index in [1.54, 1.807) is 0 Å². The zero-order valence-corrected chi connectivity index (χ0v) is 11.0. The maximum absolute atomic E-state index is 9.06. The lowest BCUT2D eigenvalue weighted by Crippen LogP contribution is -2.35. The highest BCUT2D eigenvalue weighted by molar-refractivity contribution is 5.60. The number of rotatable bonds is 1. The van der Waals surface area contributed by atoms with Gasteiger partial charge in [0.25, 0.3) is 0 Å². The van der Waals surface area contributed by atoms with Gasteiger partial charge < -0.3 is 4.90 Å². The molecule has 0 saturated carbocycles. The smallest absolute Gasteiger partial charge is 0.0674 e. The van der Waals surface area contributed by atoms with Crippen molar-refractivity contribution in [2.24, 2.45) is 5.92 Å². The summed E-state index contributed by atoms with van der Waals surface area (Å²) in [6.45, 7) is 8.46. The van der Waals surface area contributed by atoms with Crippen LogP contribution in [0.2, 0.25) is 0 Å². The van der Waals surface area contributed by atoms with E-state index < -0.39 is 0 Å². The molecular weight excluding hydrogens is 208 g/mol. The van der Waals surface area contributed by atoms with Crippen LogP contribution in [0, 0.1) is 38.0 Å². The van der Waals surface area contributed by atoms with Gasteiger partial charge in [-0.1, -0.05) is 17.7 Å². The molecule has 1 aliphatic heterocycles. The number of piperidine rings is 1. The molecule has 90 valence electrons.